The Balaban J connectivity index is 1.54. The number of hydrazine groups is 1. The lowest BCUT2D eigenvalue weighted by molar-refractivity contribution is -0.385. The Morgan fingerprint density at radius 2 is 1.50 bits per heavy atom. The molecule has 34 heavy (non-hydrogen) atoms. The third-order valence-electron chi connectivity index (χ3n) is 6.73. The molecular weight excluding hydrogens is 444 g/mol. The molecule has 4 atom stereocenters. The first-order valence-electron chi connectivity index (χ1n) is 10.6. The predicted molar refractivity (Wildman–Crippen MR) is 116 cm³/mol. The van der Waals surface area contributed by atoms with Gasteiger partial charge in [-0.25, -0.2) is 5.01 Å². The van der Waals surface area contributed by atoms with E-state index in [1.807, 2.05) is 12.2 Å². The summed E-state index contributed by atoms with van der Waals surface area (Å²) in [5, 5.41) is 24.2. The van der Waals surface area contributed by atoms with E-state index in [2.05, 4.69) is 0 Å². The first kappa shape index (κ1) is 21.4. The van der Waals surface area contributed by atoms with E-state index in [1.165, 1.54) is 48.5 Å². The number of hydrogen-bond donors (Lipinski definition) is 0. The van der Waals surface area contributed by atoms with Gasteiger partial charge in [-0.15, -0.1) is 0 Å². The SMILES string of the molecule is O=C(c1ccccc1[N+](=O)[O-])N(Cc1ccc([N+](=O)[O-])cc1)N1C(=O)[C@@H]2[C@H](C1=O)[C@H]1C=C[C@H]2C1. The molecule has 0 spiro atoms. The predicted octanol–water partition coefficient (Wildman–Crippen LogP) is 2.87. The minimum Gasteiger partial charge on any atom is -0.272 e. The third-order valence-corrected chi connectivity index (χ3v) is 6.73. The number of carbonyl (C=O) groups excluding carboxylic acids is 3. The number of imide groups is 1. The topological polar surface area (TPSA) is 144 Å². The van der Waals surface area contributed by atoms with E-state index in [9.17, 15) is 34.6 Å². The summed E-state index contributed by atoms with van der Waals surface area (Å²) < 4.78 is 0. The van der Waals surface area contributed by atoms with Gasteiger partial charge in [0, 0.05) is 18.2 Å². The number of fused-ring (bicyclic) bond motifs is 5. The molecule has 11 heteroatoms. The number of carbonyl (C=O) groups is 3. The van der Waals surface area contributed by atoms with E-state index in [0.717, 1.165) is 10.0 Å². The molecule has 3 amide bonds. The highest BCUT2D eigenvalue weighted by Gasteiger charge is 2.61. The second kappa shape index (κ2) is 7.87. The Kier molecular flexibility index (Phi) is 4.96. The number of nitro benzene ring substituents is 2. The highest BCUT2D eigenvalue weighted by molar-refractivity contribution is 6.09. The van der Waals surface area contributed by atoms with Gasteiger partial charge in [0.2, 0.25) is 0 Å². The lowest BCUT2D eigenvalue weighted by atomic mass is 9.85. The average Bonchev–Trinajstić information content (AvgIpc) is 3.51. The van der Waals surface area contributed by atoms with Crippen molar-refractivity contribution in [1.82, 2.24) is 10.0 Å². The van der Waals surface area contributed by atoms with Gasteiger partial charge in [-0.3, -0.25) is 34.6 Å². The van der Waals surface area contributed by atoms with Gasteiger partial charge in [-0.05, 0) is 29.9 Å². The second-order valence-electron chi connectivity index (χ2n) is 8.55. The number of amides is 3. The van der Waals surface area contributed by atoms with Crippen LogP contribution in [0.1, 0.15) is 22.3 Å². The summed E-state index contributed by atoms with van der Waals surface area (Å²) in [7, 11) is 0. The molecule has 11 nitrogen and oxygen atoms in total. The standard InChI is InChI=1S/C23H18N4O7/c28-21(17-3-1-2-4-18(17)27(33)34)24(12-13-5-9-16(10-6-13)26(31)32)25-22(29)19-14-7-8-15(11-14)20(19)23(25)30/h1-10,14-15,19-20H,11-12H2/t14-,15-,19-,20+/m0/s1. The van der Waals surface area contributed by atoms with Crippen molar-refractivity contribution in [2.24, 2.45) is 23.7 Å². The largest absolute Gasteiger partial charge is 0.282 e. The van der Waals surface area contributed by atoms with Crippen LogP contribution in [0, 0.1) is 43.9 Å². The quantitative estimate of drug-likeness (QED) is 0.278. The molecule has 2 aromatic rings. The maximum absolute atomic E-state index is 13.6. The van der Waals surface area contributed by atoms with Gasteiger partial charge in [0.15, 0.2) is 0 Å². The van der Waals surface area contributed by atoms with Crippen LogP contribution < -0.4 is 0 Å². The molecule has 5 rings (SSSR count). The first-order valence-corrected chi connectivity index (χ1v) is 10.6. The molecule has 0 aromatic heterocycles. The average molecular weight is 462 g/mol. The van der Waals surface area contributed by atoms with Crippen LogP contribution in [0.3, 0.4) is 0 Å². The zero-order chi connectivity index (χ0) is 24.1. The Hall–Kier alpha value is -4.41. The highest BCUT2D eigenvalue weighted by atomic mass is 16.6. The fraction of sp³-hybridized carbons (Fsp3) is 0.261. The van der Waals surface area contributed by atoms with Crippen molar-refractivity contribution in [1.29, 1.82) is 0 Å². The molecule has 0 unspecified atom stereocenters. The molecule has 0 N–H and O–H groups in total. The summed E-state index contributed by atoms with van der Waals surface area (Å²) in [6.45, 7) is -0.275. The summed E-state index contributed by atoms with van der Waals surface area (Å²) in [6.07, 6.45) is 4.55. The van der Waals surface area contributed by atoms with Gasteiger partial charge < -0.3 is 0 Å². The smallest absolute Gasteiger partial charge is 0.272 e. The number of nitrogens with zero attached hydrogens (tertiary/aromatic N) is 4. The minimum absolute atomic E-state index is 0.0844. The summed E-state index contributed by atoms with van der Waals surface area (Å²) in [6, 6.07) is 10.6. The van der Waals surface area contributed by atoms with Crippen molar-refractivity contribution in [2.45, 2.75) is 13.0 Å². The first-order chi connectivity index (χ1) is 16.3. The van der Waals surface area contributed by atoms with Gasteiger partial charge in [0.25, 0.3) is 29.1 Å². The lowest BCUT2D eigenvalue weighted by Crippen LogP contribution is -2.50. The zero-order valence-corrected chi connectivity index (χ0v) is 17.6. The van der Waals surface area contributed by atoms with Crippen molar-refractivity contribution in [3.05, 3.63) is 92.0 Å². The van der Waals surface area contributed by atoms with E-state index < -0.39 is 45.1 Å². The van der Waals surface area contributed by atoms with Crippen molar-refractivity contribution >= 4 is 29.1 Å². The second-order valence-corrected chi connectivity index (χ2v) is 8.55. The van der Waals surface area contributed by atoms with Crippen LogP contribution in [0.15, 0.2) is 60.7 Å². The number of nitro groups is 2. The van der Waals surface area contributed by atoms with Crippen LogP contribution in [0.4, 0.5) is 11.4 Å². The minimum atomic E-state index is -0.882. The van der Waals surface area contributed by atoms with E-state index in [-0.39, 0.29) is 29.6 Å². The van der Waals surface area contributed by atoms with Gasteiger partial charge in [0.1, 0.15) is 5.56 Å². The maximum atomic E-state index is 13.6. The fourth-order valence-electron chi connectivity index (χ4n) is 5.21. The van der Waals surface area contributed by atoms with Gasteiger partial charge >= 0.3 is 0 Å². The molecule has 0 radical (unpaired) electrons. The van der Waals surface area contributed by atoms with E-state index in [1.54, 1.807) is 0 Å². The molecule has 2 aromatic carbocycles. The molecule has 1 saturated heterocycles. The van der Waals surface area contributed by atoms with E-state index in [0.29, 0.717) is 12.0 Å². The summed E-state index contributed by atoms with van der Waals surface area (Å²) in [5.41, 5.74) is -0.475. The Morgan fingerprint density at radius 1 is 0.912 bits per heavy atom. The number of hydrogen-bond acceptors (Lipinski definition) is 7. The molecule has 1 saturated carbocycles. The van der Waals surface area contributed by atoms with Crippen molar-refractivity contribution in [3.63, 3.8) is 0 Å². The Labute approximate surface area is 192 Å². The van der Waals surface area contributed by atoms with Crippen molar-refractivity contribution in [3.8, 4) is 0 Å². The van der Waals surface area contributed by atoms with Crippen LogP contribution in [0.25, 0.3) is 0 Å². The summed E-state index contributed by atoms with van der Waals surface area (Å²) in [4.78, 5) is 61.5. The maximum Gasteiger partial charge on any atom is 0.282 e. The number of para-hydroxylation sites is 1. The lowest BCUT2D eigenvalue weighted by Gasteiger charge is -2.31. The van der Waals surface area contributed by atoms with Gasteiger partial charge in [-0.1, -0.05) is 36.4 Å². The van der Waals surface area contributed by atoms with Crippen LogP contribution in [-0.4, -0.2) is 37.6 Å². The van der Waals surface area contributed by atoms with Crippen molar-refractivity contribution in [2.75, 3.05) is 0 Å². The molecule has 2 fully saturated rings. The molecule has 2 aliphatic carbocycles. The van der Waals surface area contributed by atoms with Gasteiger partial charge in [-0.2, -0.15) is 5.01 Å². The molecule has 3 aliphatic rings. The fourth-order valence-corrected chi connectivity index (χ4v) is 5.21. The van der Waals surface area contributed by atoms with E-state index >= 15 is 0 Å². The number of non-ortho nitro benzene ring substituents is 1. The summed E-state index contributed by atoms with van der Waals surface area (Å²) >= 11 is 0. The third kappa shape index (κ3) is 3.24. The number of rotatable bonds is 6. The number of benzene rings is 2. The van der Waals surface area contributed by atoms with E-state index in [4.69, 9.17) is 0 Å². The van der Waals surface area contributed by atoms with Crippen LogP contribution in [0.2, 0.25) is 0 Å². The normalized spacial score (nSPS) is 24.4. The highest BCUT2D eigenvalue weighted by Crippen LogP contribution is 2.53. The zero-order valence-electron chi connectivity index (χ0n) is 17.6. The molecule has 1 aliphatic heterocycles. The van der Waals surface area contributed by atoms with Crippen LogP contribution >= 0.6 is 0 Å². The Bertz CT molecular complexity index is 1240. The molecular formula is C23H18N4O7. The van der Waals surface area contributed by atoms with Crippen molar-refractivity contribution < 1.29 is 24.2 Å². The van der Waals surface area contributed by atoms with Crippen LogP contribution in [0.5, 0.6) is 0 Å². The monoisotopic (exact) mass is 462 g/mol. The molecule has 1 heterocycles. The number of allylic oxidation sites excluding steroid dienone is 2. The Morgan fingerprint density at radius 3 is 2.06 bits per heavy atom. The molecule has 2 bridgehead atoms. The molecule has 172 valence electrons. The van der Waals surface area contributed by atoms with Crippen LogP contribution in [-0.2, 0) is 16.1 Å². The van der Waals surface area contributed by atoms with Gasteiger partial charge in [0.05, 0.1) is 28.2 Å². The summed E-state index contributed by atoms with van der Waals surface area (Å²) in [5.74, 6) is -3.22.